The van der Waals surface area contributed by atoms with Crippen molar-refractivity contribution in [1.82, 2.24) is 15.5 Å². The van der Waals surface area contributed by atoms with Crippen molar-refractivity contribution in [2.24, 2.45) is 0 Å². The van der Waals surface area contributed by atoms with Crippen molar-refractivity contribution < 1.29 is 33.8 Å². The molecule has 0 saturated carbocycles. The Labute approximate surface area is 242 Å². The molecular weight excluding hydrogens is 526 g/mol. The summed E-state index contributed by atoms with van der Waals surface area (Å²) in [5.41, 5.74) is -0.561. The molecule has 0 spiro atoms. The Kier molecular flexibility index (Phi) is 11.7. The van der Waals surface area contributed by atoms with E-state index in [1.54, 1.807) is 60.6 Å². The lowest BCUT2D eigenvalue weighted by Gasteiger charge is -2.43. The third-order valence-corrected chi connectivity index (χ3v) is 5.86. The van der Waals surface area contributed by atoms with Gasteiger partial charge in [-0.15, -0.1) is 0 Å². The van der Waals surface area contributed by atoms with E-state index in [2.05, 4.69) is 10.6 Å². The van der Waals surface area contributed by atoms with Gasteiger partial charge < -0.3 is 30.1 Å². The van der Waals surface area contributed by atoms with Crippen LogP contribution >= 0.6 is 0 Å². The molecule has 3 N–H and O–H groups in total. The minimum atomic E-state index is -1.20. The average molecular weight is 570 g/mol. The number of amides is 3. The number of phenolic OH excluding ortho intramolecular Hbond substituents is 1. The van der Waals surface area contributed by atoms with E-state index in [9.17, 15) is 24.3 Å². The second-order valence-electron chi connectivity index (χ2n) is 11.6. The molecular formula is C31H43N3O7. The van der Waals surface area contributed by atoms with Crippen LogP contribution in [0.3, 0.4) is 0 Å². The number of carbonyl (C=O) groups excluding carboxylic acids is 4. The third kappa shape index (κ3) is 10.8. The molecule has 0 heterocycles. The number of phenols is 1. The van der Waals surface area contributed by atoms with Crippen molar-refractivity contribution in [3.63, 3.8) is 0 Å². The summed E-state index contributed by atoms with van der Waals surface area (Å²) in [6.07, 6.45) is -0.677. The van der Waals surface area contributed by atoms with Crippen LogP contribution in [0, 0.1) is 0 Å². The van der Waals surface area contributed by atoms with Gasteiger partial charge in [-0.05, 0) is 71.7 Å². The van der Waals surface area contributed by atoms with E-state index >= 15 is 0 Å². The van der Waals surface area contributed by atoms with Gasteiger partial charge in [-0.3, -0.25) is 14.4 Å². The van der Waals surface area contributed by atoms with Gasteiger partial charge in [-0.1, -0.05) is 42.5 Å². The number of nitrogens with zero attached hydrogens (tertiary/aromatic N) is 1. The lowest BCUT2D eigenvalue weighted by molar-refractivity contribution is -0.149. The molecule has 0 aliphatic carbocycles. The van der Waals surface area contributed by atoms with Crippen LogP contribution < -0.4 is 10.6 Å². The van der Waals surface area contributed by atoms with Crippen LogP contribution in [0.25, 0.3) is 0 Å². The molecule has 41 heavy (non-hydrogen) atoms. The summed E-state index contributed by atoms with van der Waals surface area (Å²) in [4.78, 5) is 54.2. The maximum absolute atomic E-state index is 14.4. The summed E-state index contributed by atoms with van der Waals surface area (Å²) in [6, 6.07) is 13.0. The first-order valence-corrected chi connectivity index (χ1v) is 13.7. The maximum Gasteiger partial charge on any atom is 0.408 e. The molecule has 0 fully saturated rings. The van der Waals surface area contributed by atoms with Crippen molar-refractivity contribution in [3.8, 4) is 5.75 Å². The summed E-state index contributed by atoms with van der Waals surface area (Å²) in [6.45, 7) is 12.4. The molecule has 2 rings (SSSR count). The Balaban J connectivity index is 2.53. The van der Waals surface area contributed by atoms with Crippen molar-refractivity contribution >= 4 is 23.9 Å². The van der Waals surface area contributed by atoms with Gasteiger partial charge in [-0.25, -0.2) is 4.79 Å². The number of carbonyl (C=O) groups is 4. The van der Waals surface area contributed by atoms with E-state index in [0.29, 0.717) is 5.56 Å². The minimum absolute atomic E-state index is 0.0112. The quantitative estimate of drug-likeness (QED) is 0.344. The molecule has 2 aromatic carbocycles. The number of aromatic hydroxyl groups is 1. The molecule has 0 saturated heterocycles. The summed E-state index contributed by atoms with van der Waals surface area (Å²) in [5, 5.41) is 15.7. The van der Waals surface area contributed by atoms with E-state index in [4.69, 9.17) is 9.47 Å². The van der Waals surface area contributed by atoms with Crippen LogP contribution in [0.15, 0.2) is 54.6 Å². The van der Waals surface area contributed by atoms with Crippen LogP contribution in [-0.4, -0.2) is 64.2 Å². The maximum atomic E-state index is 14.4. The van der Waals surface area contributed by atoms with Crippen LogP contribution in [0.5, 0.6) is 5.75 Å². The van der Waals surface area contributed by atoms with Gasteiger partial charge in [0.15, 0.2) is 0 Å². The second kappa shape index (κ2) is 14.5. The number of benzene rings is 2. The third-order valence-electron chi connectivity index (χ3n) is 5.86. The molecule has 2 atom stereocenters. The fraction of sp³-hybridized carbons (Fsp3) is 0.484. The zero-order valence-corrected chi connectivity index (χ0v) is 25.0. The molecule has 0 aromatic heterocycles. The Bertz CT molecular complexity index is 1190. The Morgan fingerprint density at radius 3 is 2.17 bits per heavy atom. The molecule has 224 valence electrons. The number of rotatable bonds is 11. The molecule has 0 aliphatic heterocycles. The lowest BCUT2D eigenvalue weighted by Crippen LogP contribution is -2.59. The number of hydrogen-bond acceptors (Lipinski definition) is 7. The van der Waals surface area contributed by atoms with Crippen LogP contribution in [0.1, 0.15) is 72.1 Å². The first kappa shape index (κ1) is 33.1. The highest BCUT2D eigenvalue weighted by molar-refractivity contribution is 5.93. The second-order valence-corrected chi connectivity index (χ2v) is 11.6. The molecule has 10 nitrogen and oxygen atoms in total. The SMILES string of the molecule is CCOC(=O)CCNC(=O)C(c1cccc(O)c1)N(C(=O)C(Cc1ccccc1)NC(=O)OC(C)(C)C)C(C)(C)C. The molecule has 0 bridgehead atoms. The zero-order valence-electron chi connectivity index (χ0n) is 25.0. The Morgan fingerprint density at radius 1 is 0.951 bits per heavy atom. The largest absolute Gasteiger partial charge is 0.508 e. The molecule has 10 heteroatoms. The van der Waals surface area contributed by atoms with Crippen molar-refractivity contribution in [3.05, 3.63) is 65.7 Å². The number of hydrogen-bond donors (Lipinski definition) is 3. The molecule has 0 radical (unpaired) electrons. The Hall–Kier alpha value is -4.08. The fourth-order valence-electron chi connectivity index (χ4n) is 4.24. The predicted molar refractivity (Wildman–Crippen MR) is 155 cm³/mol. The molecule has 3 amide bonds. The van der Waals surface area contributed by atoms with Crippen molar-refractivity contribution in [1.29, 1.82) is 0 Å². The monoisotopic (exact) mass is 569 g/mol. The van der Waals surface area contributed by atoms with Crippen LogP contribution in [0.4, 0.5) is 4.79 Å². The highest BCUT2D eigenvalue weighted by Gasteiger charge is 2.42. The van der Waals surface area contributed by atoms with Gasteiger partial charge in [-0.2, -0.15) is 0 Å². The van der Waals surface area contributed by atoms with Gasteiger partial charge in [0.1, 0.15) is 23.4 Å². The number of esters is 1. The highest BCUT2D eigenvalue weighted by Crippen LogP contribution is 2.32. The van der Waals surface area contributed by atoms with Gasteiger partial charge in [0.2, 0.25) is 11.8 Å². The van der Waals surface area contributed by atoms with E-state index in [1.807, 2.05) is 30.3 Å². The van der Waals surface area contributed by atoms with Gasteiger partial charge >= 0.3 is 12.1 Å². The van der Waals surface area contributed by atoms with E-state index in [-0.39, 0.29) is 31.7 Å². The van der Waals surface area contributed by atoms with Crippen LogP contribution in [-0.2, 0) is 30.3 Å². The summed E-state index contributed by atoms with van der Waals surface area (Å²) in [5.74, 6) is -1.63. The number of nitrogens with one attached hydrogen (secondary N) is 2. The topological polar surface area (TPSA) is 134 Å². The molecule has 2 aromatic rings. The normalized spacial score (nSPS) is 13.0. The van der Waals surface area contributed by atoms with Crippen molar-refractivity contribution in [2.75, 3.05) is 13.2 Å². The molecule has 0 aliphatic rings. The van der Waals surface area contributed by atoms with E-state index in [0.717, 1.165) is 5.56 Å². The van der Waals surface area contributed by atoms with Gasteiger partial charge in [0.05, 0.1) is 13.0 Å². The Morgan fingerprint density at radius 2 is 1.61 bits per heavy atom. The standard InChI is InChI=1S/C31H43N3O7/c1-8-40-25(36)17-18-32-27(37)26(22-15-12-16-23(35)20-22)34(30(2,3)4)28(38)24(19-21-13-10-9-11-14-21)33-29(39)41-31(5,6)7/h9-16,20,24,26,35H,8,17-19H2,1-7H3,(H,32,37)(H,33,39). The van der Waals surface area contributed by atoms with Crippen molar-refractivity contribution in [2.45, 2.75) is 84.5 Å². The van der Waals surface area contributed by atoms with Gasteiger partial charge in [0, 0.05) is 18.5 Å². The number of ether oxygens (including phenoxy) is 2. The van der Waals surface area contributed by atoms with Crippen LogP contribution in [0.2, 0.25) is 0 Å². The van der Waals surface area contributed by atoms with E-state index < -0.39 is 47.1 Å². The first-order chi connectivity index (χ1) is 19.1. The first-order valence-electron chi connectivity index (χ1n) is 13.7. The summed E-state index contributed by atoms with van der Waals surface area (Å²) < 4.78 is 10.4. The smallest absolute Gasteiger partial charge is 0.408 e. The number of alkyl carbamates (subject to hydrolysis) is 1. The fourth-order valence-corrected chi connectivity index (χ4v) is 4.24. The van der Waals surface area contributed by atoms with Gasteiger partial charge in [0.25, 0.3) is 0 Å². The average Bonchev–Trinajstić information content (AvgIpc) is 2.85. The molecule has 2 unspecified atom stereocenters. The predicted octanol–water partition coefficient (Wildman–Crippen LogP) is 4.27. The zero-order chi connectivity index (χ0) is 30.8. The summed E-state index contributed by atoms with van der Waals surface area (Å²) in [7, 11) is 0. The highest BCUT2D eigenvalue weighted by atomic mass is 16.6. The van der Waals surface area contributed by atoms with E-state index in [1.165, 1.54) is 17.0 Å². The lowest BCUT2D eigenvalue weighted by atomic mass is 9.94. The minimum Gasteiger partial charge on any atom is -0.508 e. The summed E-state index contributed by atoms with van der Waals surface area (Å²) >= 11 is 0.